The number of thioether (sulfide) groups is 1. The maximum Gasteiger partial charge on any atom is 0.256 e. The van der Waals surface area contributed by atoms with E-state index in [-0.39, 0.29) is 5.91 Å². The molecule has 0 spiro atoms. The number of aryl methyl sites for hydroxylation is 1. The third-order valence-electron chi connectivity index (χ3n) is 5.86. The number of nitrogens with one attached hydrogen (secondary N) is 1. The van der Waals surface area contributed by atoms with Crippen LogP contribution in [0.3, 0.4) is 0 Å². The van der Waals surface area contributed by atoms with Crippen molar-refractivity contribution >= 4 is 34.3 Å². The van der Waals surface area contributed by atoms with Gasteiger partial charge in [0.25, 0.3) is 5.91 Å². The molecule has 0 aliphatic carbocycles. The van der Waals surface area contributed by atoms with Gasteiger partial charge in [0.15, 0.2) is 0 Å². The minimum absolute atomic E-state index is 0.147. The molecule has 1 amide bonds. The second kappa shape index (κ2) is 9.53. The summed E-state index contributed by atoms with van der Waals surface area (Å²) in [4.78, 5) is 18.5. The topological polar surface area (TPSA) is 59.8 Å². The molecule has 34 heavy (non-hydrogen) atoms. The van der Waals surface area contributed by atoms with Gasteiger partial charge in [-0.1, -0.05) is 60.7 Å². The van der Waals surface area contributed by atoms with Gasteiger partial charge >= 0.3 is 0 Å². The van der Waals surface area contributed by atoms with Crippen LogP contribution in [0.25, 0.3) is 22.2 Å². The molecular formula is C28H24N4OS. The maximum atomic E-state index is 13.2. The summed E-state index contributed by atoms with van der Waals surface area (Å²) in [7, 11) is 1.97. The number of nitrogens with zero attached hydrogens (tertiary/aromatic N) is 3. The first-order valence-electron chi connectivity index (χ1n) is 11.1. The Labute approximate surface area is 202 Å². The van der Waals surface area contributed by atoms with Crippen LogP contribution in [0.15, 0.2) is 96.0 Å². The summed E-state index contributed by atoms with van der Waals surface area (Å²) in [6.45, 7) is 2.08. The lowest BCUT2D eigenvalue weighted by molar-refractivity contribution is 0.102. The van der Waals surface area contributed by atoms with Gasteiger partial charge in [0.2, 0.25) is 0 Å². The lowest BCUT2D eigenvalue weighted by Crippen LogP contribution is -2.13. The van der Waals surface area contributed by atoms with E-state index < -0.39 is 0 Å². The van der Waals surface area contributed by atoms with Crippen molar-refractivity contribution in [3.8, 4) is 11.3 Å². The number of amides is 1. The fourth-order valence-electron chi connectivity index (χ4n) is 3.92. The normalized spacial score (nSPS) is 11.0. The molecule has 5 rings (SSSR count). The summed E-state index contributed by atoms with van der Waals surface area (Å²) < 4.78 is 1.92. The summed E-state index contributed by atoms with van der Waals surface area (Å²) in [5.41, 5.74) is 6.59. The number of para-hydroxylation sites is 1. The first-order chi connectivity index (χ1) is 16.6. The first-order valence-corrected chi connectivity index (χ1v) is 12.0. The van der Waals surface area contributed by atoms with Crippen LogP contribution < -0.4 is 5.32 Å². The third-order valence-corrected chi connectivity index (χ3v) is 6.96. The van der Waals surface area contributed by atoms with Crippen molar-refractivity contribution in [2.75, 3.05) is 5.32 Å². The molecule has 2 heterocycles. The Balaban J connectivity index is 1.38. The van der Waals surface area contributed by atoms with Crippen LogP contribution in [-0.2, 0) is 12.8 Å². The molecule has 0 atom stereocenters. The van der Waals surface area contributed by atoms with Crippen molar-refractivity contribution in [2.24, 2.45) is 7.05 Å². The highest BCUT2D eigenvalue weighted by atomic mass is 32.2. The van der Waals surface area contributed by atoms with Gasteiger partial charge in [-0.3, -0.25) is 14.5 Å². The molecule has 0 aliphatic rings. The largest absolute Gasteiger partial charge is 0.321 e. The van der Waals surface area contributed by atoms with E-state index >= 15 is 0 Å². The van der Waals surface area contributed by atoms with Crippen LogP contribution in [0.5, 0.6) is 0 Å². The van der Waals surface area contributed by atoms with Crippen LogP contribution in [0.1, 0.15) is 21.6 Å². The second-order valence-electron chi connectivity index (χ2n) is 8.06. The zero-order valence-electron chi connectivity index (χ0n) is 19.0. The number of anilines is 1. The lowest BCUT2D eigenvalue weighted by Gasteiger charge is -2.11. The number of fused-ring (bicyclic) bond motifs is 1. The van der Waals surface area contributed by atoms with E-state index in [0.717, 1.165) is 32.7 Å². The molecule has 1 N–H and O–H groups in total. The molecule has 2 aromatic heterocycles. The van der Waals surface area contributed by atoms with E-state index in [2.05, 4.69) is 29.4 Å². The molecule has 3 aromatic carbocycles. The fraction of sp³-hybridized carbons (Fsp3) is 0.107. The van der Waals surface area contributed by atoms with Crippen LogP contribution in [0.2, 0.25) is 0 Å². The molecule has 5 nitrogen and oxygen atoms in total. The van der Waals surface area contributed by atoms with Gasteiger partial charge in [-0.05, 0) is 31.2 Å². The highest BCUT2D eigenvalue weighted by Crippen LogP contribution is 2.33. The Morgan fingerprint density at radius 1 is 0.971 bits per heavy atom. The van der Waals surface area contributed by atoms with Crippen molar-refractivity contribution in [1.29, 1.82) is 0 Å². The average Bonchev–Trinajstić information content (AvgIpc) is 3.16. The Bertz CT molecular complexity index is 1480. The van der Waals surface area contributed by atoms with E-state index in [1.54, 1.807) is 18.0 Å². The van der Waals surface area contributed by atoms with E-state index in [9.17, 15) is 4.79 Å². The Hall–Kier alpha value is -3.90. The van der Waals surface area contributed by atoms with Gasteiger partial charge in [-0.15, -0.1) is 11.8 Å². The van der Waals surface area contributed by atoms with E-state index in [1.165, 1.54) is 5.56 Å². The summed E-state index contributed by atoms with van der Waals surface area (Å²) in [5.74, 6) is 0.567. The minimum Gasteiger partial charge on any atom is -0.321 e. The Morgan fingerprint density at radius 3 is 2.56 bits per heavy atom. The predicted molar refractivity (Wildman–Crippen MR) is 139 cm³/mol. The Kier molecular flexibility index (Phi) is 6.14. The van der Waals surface area contributed by atoms with Gasteiger partial charge in [0.05, 0.1) is 28.7 Å². The lowest BCUT2D eigenvalue weighted by atomic mass is 10.1. The standard InChI is InChI=1S/C28H24N4OS/c1-19-24(27(31-32(19)2)20-10-4-3-5-11-20)18-34-26-15-9-7-13-23(26)28(33)30-22-16-21-12-6-8-14-25(21)29-17-22/h3-17H,18H2,1-2H3,(H,30,33). The van der Waals surface area contributed by atoms with Crippen molar-refractivity contribution in [3.05, 3.63) is 108 Å². The van der Waals surface area contributed by atoms with E-state index in [1.807, 2.05) is 84.5 Å². The maximum absolute atomic E-state index is 13.2. The van der Waals surface area contributed by atoms with Gasteiger partial charge in [0.1, 0.15) is 0 Å². The summed E-state index contributed by atoms with van der Waals surface area (Å²) in [6.07, 6.45) is 1.70. The number of aromatic nitrogens is 3. The number of pyridine rings is 1. The second-order valence-corrected chi connectivity index (χ2v) is 9.08. The summed E-state index contributed by atoms with van der Waals surface area (Å²) in [6, 6.07) is 27.7. The number of carbonyl (C=O) groups is 1. The van der Waals surface area contributed by atoms with Gasteiger partial charge in [-0.25, -0.2) is 0 Å². The molecule has 0 radical (unpaired) electrons. The number of carbonyl (C=O) groups excluding carboxylic acids is 1. The summed E-state index contributed by atoms with van der Waals surface area (Å²) >= 11 is 1.65. The van der Waals surface area contributed by atoms with Gasteiger partial charge in [0, 0.05) is 39.9 Å². The molecule has 0 saturated heterocycles. The molecule has 6 heteroatoms. The van der Waals surface area contributed by atoms with Crippen molar-refractivity contribution in [3.63, 3.8) is 0 Å². The van der Waals surface area contributed by atoms with Crippen LogP contribution in [0, 0.1) is 6.92 Å². The smallest absolute Gasteiger partial charge is 0.256 e. The summed E-state index contributed by atoms with van der Waals surface area (Å²) in [5, 5.41) is 8.75. The highest BCUT2D eigenvalue weighted by molar-refractivity contribution is 7.98. The fourth-order valence-corrected chi connectivity index (χ4v) is 5.06. The van der Waals surface area contributed by atoms with Crippen LogP contribution in [-0.4, -0.2) is 20.7 Å². The minimum atomic E-state index is -0.147. The average molecular weight is 465 g/mol. The molecule has 5 aromatic rings. The van der Waals surface area contributed by atoms with Crippen LogP contribution in [0.4, 0.5) is 5.69 Å². The number of benzene rings is 3. The number of hydrogen-bond donors (Lipinski definition) is 1. The van der Waals surface area contributed by atoms with E-state index in [4.69, 9.17) is 5.10 Å². The molecule has 0 aliphatic heterocycles. The molecule has 168 valence electrons. The molecule has 0 fully saturated rings. The monoisotopic (exact) mass is 464 g/mol. The van der Waals surface area contributed by atoms with Gasteiger partial charge in [-0.2, -0.15) is 5.10 Å². The quantitative estimate of drug-likeness (QED) is 0.292. The van der Waals surface area contributed by atoms with Crippen LogP contribution >= 0.6 is 11.8 Å². The third kappa shape index (κ3) is 4.45. The predicted octanol–water partition coefficient (Wildman–Crippen LogP) is 6.49. The highest BCUT2D eigenvalue weighted by Gasteiger charge is 2.17. The number of rotatable bonds is 6. The molecule has 0 bridgehead atoms. The van der Waals surface area contributed by atoms with Gasteiger partial charge < -0.3 is 5.32 Å². The molecular weight excluding hydrogens is 440 g/mol. The molecule has 0 unspecified atom stereocenters. The first kappa shape index (κ1) is 21.9. The van der Waals surface area contributed by atoms with Crippen molar-refractivity contribution in [2.45, 2.75) is 17.6 Å². The number of hydrogen-bond acceptors (Lipinski definition) is 4. The SMILES string of the molecule is Cc1c(CSc2ccccc2C(=O)Nc2cnc3ccccc3c2)c(-c2ccccc2)nn1C. The van der Waals surface area contributed by atoms with Crippen molar-refractivity contribution in [1.82, 2.24) is 14.8 Å². The zero-order valence-corrected chi connectivity index (χ0v) is 19.8. The molecule has 0 saturated carbocycles. The van der Waals surface area contributed by atoms with E-state index in [0.29, 0.717) is 17.0 Å². The Morgan fingerprint density at radius 2 is 1.71 bits per heavy atom. The van der Waals surface area contributed by atoms with Crippen molar-refractivity contribution < 1.29 is 4.79 Å². The zero-order chi connectivity index (χ0) is 23.5.